The van der Waals surface area contributed by atoms with Crippen molar-refractivity contribution in [3.8, 4) is 34.5 Å². The van der Waals surface area contributed by atoms with Gasteiger partial charge in [-0.25, -0.2) is 14.8 Å². The Labute approximate surface area is 341 Å². The molecular formula is C44H43N9O6. The van der Waals surface area contributed by atoms with Gasteiger partial charge in [-0.2, -0.15) is 4.90 Å². The monoisotopic (exact) mass is 793 g/mol. The first-order valence-electron chi connectivity index (χ1n) is 19.0. The number of anilines is 1. The van der Waals surface area contributed by atoms with Gasteiger partial charge in [0.1, 0.15) is 60.2 Å². The summed E-state index contributed by atoms with van der Waals surface area (Å²) in [5, 5.41) is 16.3. The topological polar surface area (TPSA) is 169 Å². The second kappa shape index (κ2) is 17.5. The van der Waals surface area contributed by atoms with E-state index >= 15 is 0 Å². The molecule has 0 spiro atoms. The molecule has 4 bridgehead atoms. The Bertz CT molecular complexity index is 2570. The smallest absolute Gasteiger partial charge is 0.423 e. The number of aromatic nitrogens is 8. The van der Waals surface area contributed by atoms with Crippen LogP contribution in [0.25, 0.3) is 23.0 Å². The third kappa shape index (κ3) is 9.64. The van der Waals surface area contributed by atoms with Crippen LogP contribution in [-0.2, 0) is 24.2 Å². The lowest BCUT2D eigenvalue weighted by atomic mass is 10.0. The van der Waals surface area contributed by atoms with Crippen molar-refractivity contribution in [3.63, 3.8) is 0 Å². The zero-order valence-corrected chi connectivity index (χ0v) is 33.4. The Balaban J connectivity index is 0.000000184. The minimum Gasteiger partial charge on any atom is -0.489 e. The lowest BCUT2D eigenvalue weighted by Crippen LogP contribution is -2.41. The minimum absolute atomic E-state index is 0.0212. The second-order valence-corrected chi connectivity index (χ2v) is 14.8. The van der Waals surface area contributed by atoms with Crippen LogP contribution in [0.3, 0.4) is 0 Å². The quantitative estimate of drug-likeness (QED) is 0.142. The Morgan fingerprint density at radius 3 is 1.86 bits per heavy atom. The predicted octanol–water partition coefficient (Wildman–Crippen LogP) is 7.20. The van der Waals surface area contributed by atoms with Crippen molar-refractivity contribution in [3.05, 3.63) is 138 Å². The van der Waals surface area contributed by atoms with Gasteiger partial charge >= 0.3 is 6.09 Å². The molecule has 59 heavy (non-hydrogen) atoms. The summed E-state index contributed by atoms with van der Waals surface area (Å²) < 4.78 is 21.0. The standard InChI is InChI=1S/C24H25N5O4.C20H18N4O2/c1-16-10-11-17-19(14-16)32-13-6-5-12-28-15-25-27-21(28)18-8-7-9-20(26-18)29(22(17)30)23(31)33-24(2,3)4;1-14-7-8-16-18(25)12-15-5-4-6-17(22-15)20-23-21-13-24(20)9-2-3-10-26-19(16)11-14/h5-11,14-15H,12-13H2,1-4H3;2-8,11,13H,9-10,12H2,1H3/b6-5+;3-2-. The lowest BCUT2D eigenvalue weighted by Gasteiger charge is -2.26. The molecule has 0 fully saturated rings. The highest BCUT2D eigenvalue weighted by molar-refractivity contribution is 6.19. The molecule has 2 aliphatic rings. The molecule has 4 aromatic heterocycles. The molecule has 0 saturated heterocycles. The van der Waals surface area contributed by atoms with Crippen molar-refractivity contribution in [2.24, 2.45) is 0 Å². The van der Waals surface area contributed by atoms with E-state index in [0.717, 1.165) is 16.0 Å². The van der Waals surface area contributed by atoms with Crippen LogP contribution in [0.1, 0.15) is 58.3 Å². The number of hydrogen-bond acceptors (Lipinski definition) is 12. The first kappa shape index (κ1) is 39.9. The van der Waals surface area contributed by atoms with Crippen LogP contribution in [0, 0.1) is 13.8 Å². The van der Waals surface area contributed by atoms with E-state index in [9.17, 15) is 14.4 Å². The van der Waals surface area contributed by atoms with Crippen LogP contribution < -0.4 is 14.4 Å². The third-order valence-corrected chi connectivity index (χ3v) is 8.99. The first-order chi connectivity index (χ1) is 28.4. The average molecular weight is 794 g/mol. The molecule has 0 radical (unpaired) electrons. The average Bonchev–Trinajstić information content (AvgIpc) is 3.87. The number of imide groups is 1. The summed E-state index contributed by atoms with van der Waals surface area (Å²) in [4.78, 5) is 49.8. The summed E-state index contributed by atoms with van der Waals surface area (Å²) >= 11 is 0. The number of rotatable bonds is 0. The van der Waals surface area contributed by atoms with Crippen LogP contribution in [0.4, 0.5) is 10.6 Å². The van der Waals surface area contributed by atoms with E-state index in [0.29, 0.717) is 65.5 Å². The molecule has 0 N–H and O–H groups in total. The number of Topliss-reactive ketones (excluding diaryl/α,β-unsaturated/α-hetero) is 1. The van der Waals surface area contributed by atoms with E-state index in [2.05, 4.69) is 30.4 Å². The number of carbonyl (C=O) groups excluding carboxylic acids is 3. The Morgan fingerprint density at radius 1 is 0.695 bits per heavy atom. The highest BCUT2D eigenvalue weighted by Gasteiger charge is 2.33. The highest BCUT2D eigenvalue weighted by Crippen LogP contribution is 2.28. The SMILES string of the molecule is Cc1ccc2c(c1)OC/C=C/Cn1cnnc1-c1cccc(n1)N(C(=O)OC(C)(C)C)C2=O.Cc1ccc2c(c1)OC/C=C\Cn1cnnc1-c1cccc(n1)CC2=O. The van der Waals surface area contributed by atoms with E-state index < -0.39 is 17.6 Å². The number of nitrogens with zero attached hydrogens (tertiary/aromatic N) is 9. The number of carbonyl (C=O) groups is 3. The Kier molecular flexibility index (Phi) is 11.8. The number of allylic oxidation sites excluding steroid dienone is 2. The number of pyridine rings is 2. The van der Waals surface area contributed by atoms with Gasteiger partial charge in [0, 0.05) is 18.8 Å². The van der Waals surface area contributed by atoms with Gasteiger partial charge in [-0.3, -0.25) is 9.59 Å². The van der Waals surface area contributed by atoms with Crippen molar-refractivity contribution < 1.29 is 28.6 Å². The highest BCUT2D eigenvalue weighted by atomic mass is 16.6. The number of fused-ring (bicyclic) bond motifs is 10. The summed E-state index contributed by atoms with van der Waals surface area (Å²) in [6.45, 7) is 10.9. The number of aryl methyl sites for hydroxylation is 2. The van der Waals surface area contributed by atoms with Crippen molar-refractivity contribution in [1.82, 2.24) is 39.5 Å². The van der Waals surface area contributed by atoms with Crippen molar-refractivity contribution in [2.75, 3.05) is 18.1 Å². The number of amides is 2. The van der Waals surface area contributed by atoms with Crippen molar-refractivity contribution in [2.45, 2.75) is 59.7 Å². The summed E-state index contributed by atoms with van der Waals surface area (Å²) in [6, 6.07) is 21.5. The van der Waals surface area contributed by atoms with Gasteiger partial charge < -0.3 is 23.3 Å². The van der Waals surface area contributed by atoms with Gasteiger partial charge in [0.05, 0.1) is 17.5 Å². The van der Waals surface area contributed by atoms with Crippen molar-refractivity contribution >= 4 is 23.6 Å². The lowest BCUT2D eigenvalue weighted by molar-refractivity contribution is 0.0562. The molecule has 0 unspecified atom stereocenters. The van der Waals surface area contributed by atoms with Gasteiger partial charge in [-0.1, -0.05) is 36.4 Å². The van der Waals surface area contributed by atoms with Gasteiger partial charge in [-0.15, -0.1) is 20.4 Å². The predicted molar refractivity (Wildman–Crippen MR) is 219 cm³/mol. The minimum atomic E-state index is -0.836. The van der Waals surface area contributed by atoms with Gasteiger partial charge in [0.25, 0.3) is 5.91 Å². The molecule has 0 aliphatic carbocycles. The Morgan fingerprint density at radius 2 is 1.25 bits per heavy atom. The van der Waals surface area contributed by atoms with Crippen LogP contribution in [0.2, 0.25) is 0 Å². The molecule has 2 aliphatic heterocycles. The molecule has 6 aromatic rings. The number of ketones is 1. The summed E-state index contributed by atoms with van der Waals surface area (Å²) in [7, 11) is 0. The maximum Gasteiger partial charge on any atom is 0.423 e. The first-order valence-corrected chi connectivity index (χ1v) is 19.0. The van der Waals surface area contributed by atoms with E-state index in [1.807, 2.05) is 83.7 Å². The molecule has 15 nitrogen and oxygen atoms in total. The summed E-state index contributed by atoms with van der Waals surface area (Å²) in [6.07, 6.45) is 10.3. The fraction of sp³-hybridized carbons (Fsp3) is 0.250. The Hall–Kier alpha value is -7.29. The van der Waals surface area contributed by atoms with Crippen molar-refractivity contribution in [1.29, 1.82) is 0 Å². The summed E-state index contributed by atoms with van der Waals surface area (Å²) in [5.41, 5.74) is 3.84. The summed E-state index contributed by atoms with van der Waals surface area (Å²) in [5.74, 6) is 1.65. The molecule has 15 heteroatoms. The zero-order chi connectivity index (χ0) is 41.5. The van der Waals surface area contributed by atoms with Gasteiger partial charge in [0.2, 0.25) is 0 Å². The molecule has 2 aromatic carbocycles. The van der Waals surface area contributed by atoms with Crippen LogP contribution in [-0.4, -0.2) is 76.1 Å². The van der Waals surface area contributed by atoms with Crippen LogP contribution >= 0.6 is 0 Å². The second-order valence-electron chi connectivity index (χ2n) is 14.8. The number of ether oxygens (including phenoxy) is 3. The molecule has 0 atom stereocenters. The zero-order valence-electron chi connectivity index (χ0n) is 33.4. The fourth-order valence-corrected chi connectivity index (χ4v) is 6.21. The number of benzene rings is 2. The van der Waals surface area contributed by atoms with Gasteiger partial charge in [0.15, 0.2) is 17.4 Å². The molecule has 8 rings (SSSR count). The molecule has 6 heterocycles. The number of hydrogen-bond donors (Lipinski definition) is 0. The van der Waals surface area contributed by atoms with Crippen LogP contribution in [0.15, 0.2) is 110 Å². The van der Waals surface area contributed by atoms with E-state index in [-0.39, 0.29) is 30.2 Å². The maximum absolute atomic E-state index is 13.7. The molecule has 2 amide bonds. The molecular weight excluding hydrogens is 751 g/mol. The van der Waals surface area contributed by atoms with E-state index in [4.69, 9.17) is 14.2 Å². The molecule has 0 saturated carbocycles. The molecule has 300 valence electrons. The normalized spacial score (nSPS) is 15.2. The van der Waals surface area contributed by atoms with Gasteiger partial charge in [-0.05, 0) is 106 Å². The maximum atomic E-state index is 13.7. The van der Waals surface area contributed by atoms with Crippen LogP contribution in [0.5, 0.6) is 11.5 Å². The van der Waals surface area contributed by atoms with E-state index in [1.54, 1.807) is 69.8 Å². The fourth-order valence-electron chi connectivity index (χ4n) is 6.21. The largest absolute Gasteiger partial charge is 0.489 e. The third-order valence-electron chi connectivity index (χ3n) is 8.99. The van der Waals surface area contributed by atoms with E-state index in [1.165, 1.54) is 0 Å².